The number of aliphatic imine (C=N–C) groups is 1. The van der Waals surface area contributed by atoms with E-state index in [1.54, 1.807) is 6.26 Å². The first-order chi connectivity index (χ1) is 7.00. The van der Waals surface area contributed by atoms with Crippen LogP contribution in [0.15, 0.2) is 34.2 Å². The third-order valence-corrected chi connectivity index (χ3v) is 2.97. The van der Waals surface area contributed by atoms with Gasteiger partial charge in [0.2, 0.25) is 0 Å². The molecular formula is C10H16IN3OS. The normalized spacial score (nSPS) is 13.4. The number of rotatable bonds is 3. The van der Waals surface area contributed by atoms with Crippen LogP contribution < -0.4 is 11.5 Å². The lowest BCUT2D eigenvalue weighted by molar-refractivity contribution is 0.686. The van der Waals surface area contributed by atoms with Gasteiger partial charge in [-0.1, -0.05) is 12.1 Å². The molecule has 0 aliphatic heterocycles. The molecule has 4 nitrogen and oxygen atoms in total. The van der Waals surface area contributed by atoms with Crippen molar-refractivity contribution in [2.24, 2.45) is 16.5 Å². The van der Waals surface area contributed by atoms with Crippen LogP contribution in [0.5, 0.6) is 0 Å². The number of guanidine groups is 1. The second-order valence-corrected chi connectivity index (χ2v) is 4.63. The van der Waals surface area contributed by atoms with Gasteiger partial charge in [-0.3, -0.25) is 4.21 Å². The monoisotopic (exact) mass is 353 g/mol. The highest BCUT2D eigenvalue weighted by atomic mass is 127. The van der Waals surface area contributed by atoms with E-state index in [0.717, 1.165) is 10.5 Å². The van der Waals surface area contributed by atoms with Crippen molar-refractivity contribution < 1.29 is 4.21 Å². The van der Waals surface area contributed by atoms with E-state index in [1.165, 1.54) is 0 Å². The molecule has 0 fully saturated rings. The van der Waals surface area contributed by atoms with Crippen molar-refractivity contribution in [2.75, 3.05) is 6.26 Å². The van der Waals surface area contributed by atoms with Crippen LogP contribution in [0.1, 0.15) is 18.5 Å². The smallest absolute Gasteiger partial charge is 0.186 e. The van der Waals surface area contributed by atoms with Crippen molar-refractivity contribution in [1.82, 2.24) is 0 Å². The Morgan fingerprint density at radius 2 is 1.81 bits per heavy atom. The fourth-order valence-electron chi connectivity index (χ4n) is 1.24. The van der Waals surface area contributed by atoms with Crippen molar-refractivity contribution in [3.8, 4) is 0 Å². The minimum Gasteiger partial charge on any atom is -0.370 e. The molecule has 0 heterocycles. The van der Waals surface area contributed by atoms with E-state index in [1.807, 2.05) is 31.2 Å². The highest BCUT2D eigenvalue weighted by molar-refractivity contribution is 14.0. The Morgan fingerprint density at radius 3 is 2.19 bits per heavy atom. The van der Waals surface area contributed by atoms with Crippen LogP contribution in [0.2, 0.25) is 0 Å². The molecule has 0 aliphatic rings. The summed E-state index contributed by atoms with van der Waals surface area (Å²) in [6.45, 7) is 1.90. The minimum absolute atomic E-state index is 0. The Hall–Kier alpha value is -0.630. The van der Waals surface area contributed by atoms with Gasteiger partial charge in [0.15, 0.2) is 5.96 Å². The van der Waals surface area contributed by atoms with Gasteiger partial charge in [0.25, 0.3) is 0 Å². The maximum absolute atomic E-state index is 11.1. The van der Waals surface area contributed by atoms with E-state index in [0.29, 0.717) is 0 Å². The zero-order valence-corrected chi connectivity index (χ0v) is 12.4. The zero-order valence-electron chi connectivity index (χ0n) is 9.21. The fourth-order valence-corrected chi connectivity index (χ4v) is 1.76. The molecule has 2 atom stereocenters. The maximum Gasteiger partial charge on any atom is 0.186 e. The van der Waals surface area contributed by atoms with Gasteiger partial charge in [0.05, 0.1) is 6.04 Å². The molecule has 1 aromatic rings. The summed E-state index contributed by atoms with van der Waals surface area (Å²) in [5.74, 6) is 0.0747. The molecule has 0 spiro atoms. The minimum atomic E-state index is -0.946. The SMILES string of the molecule is CC(N=C(N)N)c1ccc(S(C)=O)cc1.I. The molecule has 4 N–H and O–H groups in total. The highest BCUT2D eigenvalue weighted by Crippen LogP contribution is 2.17. The van der Waals surface area contributed by atoms with E-state index >= 15 is 0 Å². The van der Waals surface area contributed by atoms with Gasteiger partial charge in [-0.15, -0.1) is 24.0 Å². The van der Waals surface area contributed by atoms with Gasteiger partial charge in [0, 0.05) is 22.0 Å². The first kappa shape index (κ1) is 15.4. The number of hydrogen-bond acceptors (Lipinski definition) is 2. The van der Waals surface area contributed by atoms with Crippen molar-refractivity contribution in [1.29, 1.82) is 0 Å². The Kier molecular flexibility index (Phi) is 6.58. The van der Waals surface area contributed by atoms with E-state index in [-0.39, 0.29) is 36.0 Å². The van der Waals surface area contributed by atoms with E-state index in [9.17, 15) is 4.21 Å². The molecule has 0 radical (unpaired) electrons. The van der Waals surface area contributed by atoms with Crippen LogP contribution in [0.25, 0.3) is 0 Å². The number of benzene rings is 1. The van der Waals surface area contributed by atoms with E-state index in [2.05, 4.69) is 4.99 Å². The number of hydrogen-bond donors (Lipinski definition) is 2. The van der Waals surface area contributed by atoms with Crippen LogP contribution >= 0.6 is 24.0 Å². The molecule has 90 valence electrons. The molecule has 0 bridgehead atoms. The van der Waals surface area contributed by atoms with Crippen LogP contribution in [0.3, 0.4) is 0 Å². The van der Waals surface area contributed by atoms with Gasteiger partial charge < -0.3 is 11.5 Å². The quantitative estimate of drug-likeness (QED) is 0.489. The van der Waals surface area contributed by atoms with E-state index in [4.69, 9.17) is 11.5 Å². The summed E-state index contributed by atoms with van der Waals surface area (Å²) in [5, 5.41) is 0. The molecule has 0 saturated carbocycles. The average molecular weight is 353 g/mol. The Balaban J connectivity index is 0.00000225. The highest BCUT2D eigenvalue weighted by Gasteiger charge is 2.04. The number of nitrogens with zero attached hydrogens (tertiary/aromatic N) is 1. The first-order valence-electron chi connectivity index (χ1n) is 4.53. The molecule has 0 amide bonds. The lowest BCUT2D eigenvalue weighted by Crippen LogP contribution is -2.23. The van der Waals surface area contributed by atoms with Crippen LogP contribution in [-0.2, 0) is 10.8 Å². The predicted molar refractivity (Wildman–Crippen MR) is 78.4 cm³/mol. The lowest BCUT2D eigenvalue weighted by atomic mass is 10.1. The van der Waals surface area contributed by atoms with Gasteiger partial charge >= 0.3 is 0 Å². The summed E-state index contributed by atoms with van der Waals surface area (Å²) in [5.41, 5.74) is 11.6. The van der Waals surface area contributed by atoms with Gasteiger partial charge in [-0.25, -0.2) is 4.99 Å². The molecule has 1 aromatic carbocycles. The summed E-state index contributed by atoms with van der Waals surface area (Å²) in [7, 11) is -0.946. The molecule has 0 aliphatic carbocycles. The van der Waals surface area contributed by atoms with Crippen molar-refractivity contribution >= 4 is 40.7 Å². The summed E-state index contributed by atoms with van der Waals surface area (Å²) >= 11 is 0. The molecule has 0 saturated heterocycles. The molecule has 0 aromatic heterocycles. The van der Waals surface area contributed by atoms with Gasteiger partial charge in [-0.2, -0.15) is 0 Å². The maximum atomic E-state index is 11.1. The lowest BCUT2D eigenvalue weighted by Gasteiger charge is -2.07. The standard InChI is InChI=1S/C10H15N3OS.HI/c1-7(13-10(11)12)8-3-5-9(6-4-8)15(2)14;/h3-7H,1-2H3,(H4,11,12,13);1H. The fraction of sp³-hybridized carbons (Fsp3) is 0.300. The Labute approximate surface area is 115 Å². The van der Waals surface area contributed by atoms with Gasteiger partial charge in [0.1, 0.15) is 0 Å². The summed E-state index contributed by atoms with van der Waals surface area (Å²) < 4.78 is 11.1. The molecule has 2 unspecified atom stereocenters. The van der Waals surface area contributed by atoms with Crippen LogP contribution in [0.4, 0.5) is 0 Å². The summed E-state index contributed by atoms with van der Waals surface area (Å²) in [6, 6.07) is 7.34. The third kappa shape index (κ3) is 4.48. The third-order valence-electron chi connectivity index (χ3n) is 2.04. The number of nitrogens with two attached hydrogens (primary N) is 2. The molecular weight excluding hydrogens is 337 g/mol. The molecule has 1 rings (SSSR count). The summed E-state index contributed by atoms with van der Waals surface area (Å²) in [6.07, 6.45) is 1.65. The Bertz CT molecular complexity index is 388. The second-order valence-electron chi connectivity index (χ2n) is 3.25. The van der Waals surface area contributed by atoms with Crippen LogP contribution in [-0.4, -0.2) is 16.4 Å². The molecule has 6 heteroatoms. The number of halogens is 1. The topological polar surface area (TPSA) is 81.5 Å². The Morgan fingerprint density at radius 1 is 1.31 bits per heavy atom. The van der Waals surface area contributed by atoms with Crippen molar-refractivity contribution in [3.05, 3.63) is 29.8 Å². The average Bonchev–Trinajstić information content (AvgIpc) is 2.17. The largest absolute Gasteiger partial charge is 0.370 e. The summed E-state index contributed by atoms with van der Waals surface area (Å²) in [4.78, 5) is 4.82. The van der Waals surface area contributed by atoms with Crippen LogP contribution in [0, 0.1) is 0 Å². The zero-order chi connectivity index (χ0) is 11.4. The van der Waals surface area contributed by atoms with E-state index < -0.39 is 10.8 Å². The molecule has 16 heavy (non-hydrogen) atoms. The van der Waals surface area contributed by atoms with Crippen molar-refractivity contribution in [2.45, 2.75) is 17.9 Å². The van der Waals surface area contributed by atoms with Crippen molar-refractivity contribution in [3.63, 3.8) is 0 Å². The second kappa shape index (κ2) is 6.85. The van der Waals surface area contributed by atoms with Gasteiger partial charge in [-0.05, 0) is 24.6 Å². The first-order valence-corrected chi connectivity index (χ1v) is 6.08. The predicted octanol–water partition coefficient (Wildman–Crippen LogP) is 1.38.